The van der Waals surface area contributed by atoms with Crippen molar-refractivity contribution in [3.8, 4) is 0 Å². The van der Waals surface area contributed by atoms with E-state index < -0.39 is 0 Å². The van der Waals surface area contributed by atoms with Crippen molar-refractivity contribution < 1.29 is 8.83 Å². The summed E-state index contributed by atoms with van der Waals surface area (Å²) in [5, 5.41) is 4.99. The number of furan rings is 2. The van der Waals surface area contributed by atoms with E-state index in [1.54, 1.807) is 0 Å². The minimum Gasteiger partial charge on any atom is -0.456 e. The van der Waals surface area contributed by atoms with Crippen molar-refractivity contribution in [1.29, 1.82) is 0 Å². The van der Waals surface area contributed by atoms with E-state index in [-0.39, 0.29) is 0 Å². The first-order chi connectivity index (χ1) is 16.7. The maximum absolute atomic E-state index is 6.24. The Balaban J connectivity index is 1.44. The molecule has 2 heterocycles. The van der Waals surface area contributed by atoms with E-state index >= 15 is 0 Å². The lowest BCUT2D eigenvalue weighted by atomic mass is 10.1. The number of halogens is 1. The van der Waals surface area contributed by atoms with Gasteiger partial charge in [-0.1, -0.05) is 48.0 Å². The van der Waals surface area contributed by atoms with Crippen LogP contribution in [0.2, 0.25) is 5.02 Å². The molecule has 3 nitrogen and oxygen atoms in total. The first-order valence-corrected chi connectivity index (χ1v) is 11.5. The summed E-state index contributed by atoms with van der Waals surface area (Å²) in [5.74, 6) is 0. The van der Waals surface area contributed by atoms with Crippen LogP contribution < -0.4 is 4.90 Å². The summed E-state index contributed by atoms with van der Waals surface area (Å²) in [5.41, 5.74) is 6.46. The van der Waals surface area contributed by atoms with Crippen LogP contribution in [0.1, 0.15) is 0 Å². The van der Waals surface area contributed by atoms with Crippen LogP contribution in [0.5, 0.6) is 0 Å². The van der Waals surface area contributed by atoms with E-state index in [1.165, 1.54) is 0 Å². The minimum absolute atomic E-state index is 0.698. The number of anilines is 3. The van der Waals surface area contributed by atoms with Crippen molar-refractivity contribution in [2.45, 2.75) is 0 Å². The van der Waals surface area contributed by atoms with Gasteiger partial charge in [0.25, 0.3) is 0 Å². The first-order valence-electron chi connectivity index (χ1n) is 11.1. The molecule has 162 valence electrons. The van der Waals surface area contributed by atoms with E-state index in [9.17, 15) is 0 Å². The second-order valence-corrected chi connectivity index (χ2v) is 8.81. The molecule has 7 aromatic rings. The van der Waals surface area contributed by atoms with Crippen LogP contribution >= 0.6 is 11.6 Å². The van der Waals surface area contributed by atoms with E-state index in [1.807, 2.05) is 54.6 Å². The van der Waals surface area contributed by atoms with E-state index in [0.29, 0.717) is 5.02 Å². The number of benzene rings is 5. The minimum atomic E-state index is 0.698. The Hall–Kier alpha value is -4.21. The smallest absolute Gasteiger partial charge is 0.137 e. The van der Waals surface area contributed by atoms with Gasteiger partial charge in [0.2, 0.25) is 0 Å². The van der Waals surface area contributed by atoms with Crippen LogP contribution in [0.4, 0.5) is 17.1 Å². The Morgan fingerprint density at radius 2 is 1.03 bits per heavy atom. The monoisotopic (exact) mass is 459 g/mol. The van der Waals surface area contributed by atoms with Gasteiger partial charge in [-0.3, -0.25) is 0 Å². The predicted molar refractivity (Wildman–Crippen MR) is 141 cm³/mol. The van der Waals surface area contributed by atoms with Crippen LogP contribution in [0.15, 0.2) is 118 Å². The third kappa shape index (κ3) is 2.98. The molecule has 7 rings (SSSR count). The van der Waals surface area contributed by atoms with Crippen LogP contribution in [0.25, 0.3) is 43.9 Å². The molecule has 0 bridgehead atoms. The molecule has 2 aromatic heterocycles. The number of hydrogen-bond donors (Lipinski definition) is 0. The molecule has 0 atom stereocenters. The number of para-hydroxylation sites is 2. The van der Waals surface area contributed by atoms with Gasteiger partial charge in [-0.25, -0.2) is 0 Å². The molecule has 34 heavy (non-hydrogen) atoms. The van der Waals surface area contributed by atoms with Crippen LogP contribution in [0, 0.1) is 0 Å². The highest BCUT2D eigenvalue weighted by Crippen LogP contribution is 2.40. The van der Waals surface area contributed by atoms with Crippen molar-refractivity contribution in [2.75, 3.05) is 4.90 Å². The van der Waals surface area contributed by atoms with Gasteiger partial charge in [-0.15, -0.1) is 0 Å². The van der Waals surface area contributed by atoms with Gasteiger partial charge in [0.1, 0.15) is 22.3 Å². The second-order valence-electron chi connectivity index (χ2n) is 8.37. The summed E-state index contributed by atoms with van der Waals surface area (Å²) in [6.07, 6.45) is 0. The molecule has 0 spiro atoms. The zero-order valence-electron chi connectivity index (χ0n) is 18.0. The zero-order chi connectivity index (χ0) is 22.6. The summed E-state index contributed by atoms with van der Waals surface area (Å²) >= 11 is 6.24. The Kier molecular flexibility index (Phi) is 4.20. The largest absolute Gasteiger partial charge is 0.456 e. The Labute approximate surface area is 200 Å². The summed E-state index contributed by atoms with van der Waals surface area (Å²) in [7, 11) is 0. The van der Waals surface area contributed by atoms with Gasteiger partial charge in [-0.05, 0) is 60.7 Å². The third-order valence-electron chi connectivity index (χ3n) is 6.31. The van der Waals surface area contributed by atoms with Gasteiger partial charge >= 0.3 is 0 Å². The number of nitrogens with zero attached hydrogens (tertiary/aromatic N) is 1. The lowest BCUT2D eigenvalue weighted by Gasteiger charge is -2.25. The molecule has 0 amide bonds. The average Bonchev–Trinajstić information content (AvgIpc) is 3.42. The van der Waals surface area contributed by atoms with Crippen molar-refractivity contribution in [3.05, 3.63) is 114 Å². The van der Waals surface area contributed by atoms with Crippen molar-refractivity contribution in [1.82, 2.24) is 0 Å². The second kappa shape index (κ2) is 7.41. The maximum Gasteiger partial charge on any atom is 0.137 e. The summed E-state index contributed by atoms with van der Waals surface area (Å²) in [4.78, 5) is 2.21. The fraction of sp³-hybridized carbons (Fsp3) is 0. The van der Waals surface area contributed by atoms with Crippen molar-refractivity contribution in [2.24, 2.45) is 0 Å². The van der Waals surface area contributed by atoms with Crippen LogP contribution in [-0.2, 0) is 0 Å². The summed E-state index contributed by atoms with van der Waals surface area (Å²) < 4.78 is 12.4. The fourth-order valence-corrected chi connectivity index (χ4v) is 4.93. The Morgan fingerprint density at radius 1 is 0.441 bits per heavy atom. The Bertz CT molecular complexity index is 1830. The molecule has 0 fully saturated rings. The standard InChI is InChI=1S/C30H18ClNO2/c31-19-10-15-28-26(16-19)25-14-12-22(18-30(25)34-28)32(20-6-2-1-3-7-20)21-11-13-24-23-8-4-5-9-27(23)33-29(24)17-21/h1-18H. The first kappa shape index (κ1) is 19.3. The average molecular weight is 460 g/mol. The molecular formula is C30H18ClNO2. The van der Waals surface area contributed by atoms with Gasteiger partial charge in [0, 0.05) is 55.8 Å². The third-order valence-corrected chi connectivity index (χ3v) is 6.55. The SMILES string of the molecule is Clc1ccc2oc3cc(N(c4ccccc4)c4ccc5c(c4)oc4ccccc45)ccc3c2c1. The highest BCUT2D eigenvalue weighted by atomic mass is 35.5. The highest BCUT2D eigenvalue weighted by Gasteiger charge is 2.17. The van der Waals surface area contributed by atoms with Crippen LogP contribution in [-0.4, -0.2) is 0 Å². The van der Waals surface area contributed by atoms with E-state index in [0.717, 1.165) is 60.9 Å². The fourth-order valence-electron chi connectivity index (χ4n) is 4.76. The number of fused-ring (bicyclic) bond motifs is 6. The lowest BCUT2D eigenvalue weighted by molar-refractivity contribution is 0.669. The molecule has 0 aliphatic heterocycles. The molecule has 5 aromatic carbocycles. The molecule has 0 radical (unpaired) electrons. The van der Waals surface area contributed by atoms with Crippen molar-refractivity contribution in [3.63, 3.8) is 0 Å². The van der Waals surface area contributed by atoms with E-state index in [4.69, 9.17) is 20.4 Å². The molecule has 0 saturated heterocycles. The Morgan fingerprint density at radius 3 is 1.76 bits per heavy atom. The topological polar surface area (TPSA) is 29.5 Å². The number of rotatable bonds is 3. The predicted octanol–water partition coefficient (Wildman–Crippen LogP) is 9.61. The molecule has 0 aliphatic rings. The van der Waals surface area contributed by atoms with Crippen LogP contribution in [0.3, 0.4) is 0 Å². The molecule has 0 aliphatic carbocycles. The van der Waals surface area contributed by atoms with Crippen molar-refractivity contribution >= 4 is 72.5 Å². The molecule has 0 N–H and O–H groups in total. The molecular weight excluding hydrogens is 442 g/mol. The number of hydrogen-bond acceptors (Lipinski definition) is 3. The van der Waals surface area contributed by atoms with Gasteiger partial charge < -0.3 is 13.7 Å². The quantitative estimate of drug-likeness (QED) is 0.263. The molecule has 0 saturated carbocycles. The molecule has 4 heteroatoms. The van der Waals surface area contributed by atoms with Gasteiger partial charge in [0.15, 0.2) is 0 Å². The normalized spacial score (nSPS) is 11.7. The van der Waals surface area contributed by atoms with Gasteiger partial charge in [0.05, 0.1) is 0 Å². The highest BCUT2D eigenvalue weighted by molar-refractivity contribution is 6.31. The van der Waals surface area contributed by atoms with Gasteiger partial charge in [-0.2, -0.15) is 0 Å². The lowest BCUT2D eigenvalue weighted by Crippen LogP contribution is -2.09. The molecule has 0 unspecified atom stereocenters. The van der Waals surface area contributed by atoms with E-state index in [2.05, 4.69) is 59.5 Å². The summed E-state index contributed by atoms with van der Waals surface area (Å²) in [6, 6.07) is 36.9. The maximum atomic E-state index is 6.24. The zero-order valence-corrected chi connectivity index (χ0v) is 18.8. The summed E-state index contributed by atoms with van der Waals surface area (Å²) in [6.45, 7) is 0.